The number of thiophene rings is 1. The molecule has 0 saturated heterocycles. The molecule has 1 aromatic carbocycles. The topological polar surface area (TPSA) is 77.1 Å². The highest BCUT2D eigenvalue weighted by atomic mass is 32.1. The Balaban J connectivity index is 1.74. The predicted octanol–water partition coefficient (Wildman–Crippen LogP) is 3.88. The maximum absolute atomic E-state index is 12.8. The summed E-state index contributed by atoms with van der Waals surface area (Å²) in [7, 11) is 1.57. The number of methoxy groups -OCH3 is 1. The van der Waals surface area contributed by atoms with Crippen LogP contribution in [0.5, 0.6) is 11.5 Å². The Bertz CT molecular complexity index is 1180. The van der Waals surface area contributed by atoms with E-state index in [2.05, 4.69) is 6.92 Å². The summed E-state index contributed by atoms with van der Waals surface area (Å²) in [6.07, 6.45) is 3.69. The lowest BCUT2D eigenvalue weighted by Gasteiger charge is -2.09. The van der Waals surface area contributed by atoms with Crippen molar-refractivity contribution in [2.45, 2.75) is 26.3 Å². The number of nitriles is 1. The molecule has 3 aromatic rings. The smallest absolute Gasteiger partial charge is 0.262 e. The van der Waals surface area contributed by atoms with Gasteiger partial charge in [0.2, 0.25) is 0 Å². The molecule has 0 N–H and O–H groups in total. The number of nitrogens with zero attached hydrogens (tertiary/aromatic N) is 3. The van der Waals surface area contributed by atoms with Gasteiger partial charge in [-0.05, 0) is 48.3 Å². The van der Waals surface area contributed by atoms with Gasteiger partial charge in [0.05, 0.1) is 12.5 Å². The number of benzene rings is 1. The quantitative estimate of drug-likeness (QED) is 0.657. The maximum Gasteiger partial charge on any atom is 0.262 e. The van der Waals surface area contributed by atoms with Crippen LogP contribution in [0.15, 0.2) is 29.1 Å². The zero-order chi connectivity index (χ0) is 19.7. The van der Waals surface area contributed by atoms with Gasteiger partial charge in [-0.15, -0.1) is 11.3 Å². The van der Waals surface area contributed by atoms with Gasteiger partial charge in [-0.25, -0.2) is 4.98 Å². The summed E-state index contributed by atoms with van der Waals surface area (Å²) >= 11 is 1.59. The molecule has 142 valence electrons. The van der Waals surface area contributed by atoms with E-state index in [0.717, 1.165) is 34.6 Å². The van der Waals surface area contributed by atoms with Crippen LogP contribution in [0, 0.1) is 11.3 Å². The van der Waals surface area contributed by atoms with Crippen LogP contribution in [-0.4, -0.2) is 23.3 Å². The van der Waals surface area contributed by atoms with E-state index in [4.69, 9.17) is 19.7 Å². The second-order valence-corrected chi connectivity index (χ2v) is 7.57. The van der Waals surface area contributed by atoms with E-state index in [0.29, 0.717) is 23.4 Å². The van der Waals surface area contributed by atoms with Crippen molar-refractivity contribution in [2.75, 3.05) is 13.7 Å². The van der Waals surface area contributed by atoms with Crippen LogP contribution in [0.25, 0.3) is 21.9 Å². The SMILES string of the molecule is CCc1cc2c(=O)n3c(nc2s1)/C(=C/c1ccc(OCC#N)c(OC)c1)CC3. The van der Waals surface area contributed by atoms with Crippen molar-refractivity contribution in [3.8, 4) is 17.6 Å². The Morgan fingerprint density at radius 3 is 2.96 bits per heavy atom. The standard InChI is InChI=1S/C21H19N3O3S/c1-3-15-12-16-20(28-15)23-19-14(6-8-24(19)21(16)25)10-13-4-5-17(27-9-7-22)18(11-13)26-2/h4-5,10-12H,3,6,8-9H2,1-2H3/b14-10+. The van der Waals surface area contributed by atoms with Gasteiger partial charge in [0.1, 0.15) is 16.7 Å². The molecular weight excluding hydrogens is 374 g/mol. The zero-order valence-electron chi connectivity index (χ0n) is 15.7. The third-order valence-corrected chi connectivity index (χ3v) is 5.94. The highest BCUT2D eigenvalue weighted by Crippen LogP contribution is 2.33. The predicted molar refractivity (Wildman–Crippen MR) is 110 cm³/mol. The van der Waals surface area contributed by atoms with Crippen LogP contribution in [-0.2, 0) is 13.0 Å². The molecule has 0 saturated carbocycles. The second kappa shape index (κ2) is 7.49. The first-order chi connectivity index (χ1) is 13.6. The summed E-state index contributed by atoms with van der Waals surface area (Å²) < 4.78 is 12.5. The van der Waals surface area contributed by atoms with E-state index >= 15 is 0 Å². The molecule has 0 bridgehead atoms. The average Bonchev–Trinajstić information content (AvgIpc) is 3.31. The fraction of sp³-hybridized carbons (Fsp3) is 0.286. The number of hydrogen-bond donors (Lipinski definition) is 0. The Labute approximate surface area is 166 Å². The van der Waals surface area contributed by atoms with Crippen molar-refractivity contribution < 1.29 is 9.47 Å². The molecule has 0 unspecified atom stereocenters. The van der Waals surface area contributed by atoms with Crippen molar-refractivity contribution in [1.82, 2.24) is 9.55 Å². The van der Waals surface area contributed by atoms with E-state index in [-0.39, 0.29) is 12.2 Å². The van der Waals surface area contributed by atoms with E-state index < -0.39 is 0 Å². The highest BCUT2D eigenvalue weighted by Gasteiger charge is 2.22. The third-order valence-electron chi connectivity index (χ3n) is 4.76. The largest absolute Gasteiger partial charge is 0.493 e. The maximum atomic E-state index is 12.8. The summed E-state index contributed by atoms with van der Waals surface area (Å²) in [6.45, 7) is 2.69. The first kappa shape index (κ1) is 18.3. The van der Waals surface area contributed by atoms with Crippen LogP contribution in [0.1, 0.15) is 29.6 Å². The van der Waals surface area contributed by atoms with Gasteiger partial charge in [-0.1, -0.05) is 13.0 Å². The third kappa shape index (κ3) is 3.16. The molecule has 0 fully saturated rings. The van der Waals surface area contributed by atoms with Crippen molar-refractivity contribution in [3.05, 3.63) is 50.9 Å². The average molecular weight is 393 g/mol. The molecule has 0 amide bonds. The molecule has 0 radical (unpaired) electrons. The Morgan fingerprint density at radius 2 is 2.21 bits per heavy atom. The van der Waals surface area contributed by atoms with E-state index in [1.807, 2.05) is 30.3 Å². The Kier molecular flexibility index (Phi) is 4.88. The number of aryl methyl sites for hydroxylation is 1. The molecule has 1 aliphatic heterocycles. The summed E-state index contributed by atoms with van der Waals surface area (Å²) in [5.41, 5.74) is 2.00. The van der Waals surface area contributed by atoms with Crippen molar-refractivity contribution >= 4 is 33.2 Å². The first-order valence-electron chi connectivity index (χ1n) is 9.06. The normalized spacial score (nSPS) is 14.2. The minimum absolute atomic E-state index is 0.0342. The van der Waals surface area contributed by atoms with Crippen molar-refractivity contribution in [3.63, 3.8) is 0 Å². The van der Waals surface area contributed by atoms with Crippen molar-refractivity contribution in [2.24, 2.45) is 0 Å². The first-order valence-corrected chi connectivity index (χ1v) is 9.88. The molecule has 0 atom stereocenters. The molecular formula is C21H19N3O3S. The fourth-order valence-corrected chi connectivity index (χ4v) is 4.34. The number of rotatable bonds is 5. The molecule has 7 heteroatoms. The lowest BCUT2D eigenvalue weighted by Crippen LogP contribution is -2.19. The van der Waals surface area contributed by atoms with Gasteiger partial charge in [0, 0.05) is 11.4 Å². The summed E-state index contributed by atoms with van der Waals surface area (Å²) in [5.74, 6) is 1.83. The summed E-state index contributed by atoms with van der Waals surface area (Å²) in [4.78, 5) is 19.6. The lowest BCUT2D eigenvalue weighted by atomic mass is 10.1. The molecule has 28 heavy (non-hydrogen) atoms. The van der Waals surface area contributed by atoms with Crippen LogP contribution >= 0.6 is 11.3 Å². The monoisotopic (exact) mass is 393 g/mol. The molecule has 2 aromatic heterocycles. The van der Waals surface area contributed by atoms with Crippen LogP contribution in [0.4, 0.5) is 0 Å². The minimum atomic E-state index is -0.0342. The number of ether oxygens (including phenoxy) is 2. The lowest BCUT2D eigenvalue weighted by molar-refractivity contribution is 0.329. The van der Waals surface area contributed by atoms with E-state index in [1.165, 1.54) is 4.88 Å². The molecule has 1 aliphatic rings. The zero-order valence-corrected chi connectivity index (χ0v) is 16.5. The number of hydrogen-bond acceptors (Lipinski definition) is 6. The molecule has 4 rings (SSSR count). The van der Waals surface area contributed by atoms with Crippen LogP contribution in [0.2, 0.25) is 0 Å². The molecule has 0 aliphatic carbocycles. The highest BCUT2D eigenvalue weighted by molar-refractivity contribution is 7.18. The van der Waals surface area contributed by atoms with E-state index in [9.17, 15) is 4.79 Å². The number of aromatic nitrogens is 2. The minimum Gasteiger partial charge on any atom is -0.493 e. The van der Waals surface area contributed by atoms with Gasteiger partial charge >= 0.3 is 0 Å². The number of allylic oxidation sites excluding steroid dienone is 1. The van der Waals surface area contributed by atoms with Crippen LogP contribution < -0.4 is 15.0 Å². The van der Waals surface area contributed by atoms with Gasteiger partial charge in [-0.3, -0.25) is 9.36 Å². The van der Waals surface area contributed by atoms with Gasteiger partial charge < -0.3 is 9.47 Å². The summed E-state index contributed by atoms with van der Waals surface area (Å²) in [5, 5.41) is 9.40. The summed E-state index contributed by atoms with van der Waals surface area (Å²) in [6, 6.07) is 9.47. The fourth-order valence-electron chi connectivity index (χ4n) is 3.38. The molecule has 3 heterocycles. The van der Waals surface area contributed by atoms with Gasteiger partial charge in [0.15, 0.2) is 18.1 Å². The van der Waals surface area contributed by atoms with Gasteiger partial charge in [-0.2, -0.15) is 5.26 Å². The molecule has 6 nitrogen and oxygen atoms in total. The number of fused-ring (bicyclic) bond motifs is 2. The van der Waals surface area contributed by atoms with Gasteiger partial charge in [0.25, 0.3) is 5.56 Å². The van der Waals surface area contributed by atoms with Crippen molar-refractivity contribution in [1.29, 1.82) is 5.26 Å². The Hall–Kier alpha value is -3.11. The van der Waals surface area contributed by atoms with E-state index in [1.54, 1.807) is 29.1 Å². The Morgan fingerprint density at radius 1 is 1.36 bits per heavy atom. The molecule has 0 spiro atoms. The second-order valence-electron chi connectivity index (χ2n) is 6.45. The van der Waals surface area contributed by atoms with Crippen LogP contribution in [0.3, 0.4) is 0 Å².